The largest absolute Gasteiger partial charge is 0.506 e. The van der Waals surface area contributed by atoms with Crippen LogP contribution in [0.2, 0.25) is 0 Å². The molecule has 7 heteroatoms. The van der Waals surface area contributed by atoms with Crippen LogP contribution in [0, 0.1) is 0 Å². The molecule has 0 aliphatic carbocycles. The van der Waals surface area contributed by atoms with Gasteiger partial charge in [-0.3, -0.25) is 4.79 Å². The molecule has 4 nitrogen and oxygen atoms in total. The summed E-state index contributed by atoms with van der Waals surface area (Å²) in [6, 6.07) is 1.01. The predicted octanol–water partition coefficient (Wildman–Crippen LogP) is 2.25. The summed E-state index contributed by atoms with van der Waals surface area (Å²) in [5.41, 5.74) is -0.719. The quantitative estimate of drug-likeness (QED) is 0.836. The number of carboxylic acids is 1. The number of nitrogens with zero attached hydrogens (tertiary/aromatic N) is 1. The molecule has 0 spiro atoms. The van der Waals surface area contributed by atoms with Crippen molar-refractivity contribution in [1.82, 2.24) is 4.98 Å². The molecule has 2 N–H and O–H groups in total. The first-order chi connectivity index (χ1) is 7.45. The van der Waals surface area contributed by atoms with Crippen molar-refractivity contribution < 1.29 is 23.8 Å². The monoisotopic (exact) mass is 295 g/mol. The van der Waals surface area contributed by atoms with Crippen molar-refractivity contribution in [2.75, 3.05) is 0 Å². The van der Waals surface area contributed by atoms with Gasteiger partial charge in [0.25, 0.3) is 6.43 Å². The summed E-state index contributed by atoms with van der Waals surface area (Å²) in [5, 5.41) is 18.0. The zero-order valence-corrected chi connectivity index (χ0v) is 9.54. The zero-order valence-electron chi connectivity index (χ0n) is 7.95. The molecule has 1 rings (SSSR count). The normalized spacial score (nSPS) is 10.8. The minimum absolute atomic E-state index is 0.0597. The summed E-state index contributed by atoms with van der Waals surface area (Å²) in [6.07, 6.45) is -3.46. The molecule has 0 unspecified atom stereocenters. The van der Waals surface area contributed by atoms with Crippen LogP contribution in [0.4, 0.5) is 8.78 Å². The number of aromatic nitrogens is 1. The second kappa shape index (κ2) is 5.20. The lowest BCUT2D eigenvalue weighted by Crippen LogP contribution is -2.07. The molecule has 0 fully saturated rings. The first-order valence-corrected chi connectivity index (χ1v) is 5.35. The number of hydrogen-bond donors (Lipinski definition) is 2. The Kier molecular flexibility index (Phi) is 4.17. The number of hydrogen-bond acceptors (Lipinski definition) is 3. The molecule has 0 amide bonds. The van der Waals surface area contributed by atoms with Crippen LogP contribution in [0.25, 0.3) is 0 Å². The van der Waals surface area contributed by atoms with Crippen molar-refractivity contribution in [2.24, 2.45) is 0 Å². The van der Waals surface area contributed by atoms with Crippen LogP contribution in [0.5, 0.6) is 5.75 Å². The van der Waals surface area contributed by atoms with E-state index in [9.17, 15) is 18.7 Å². The van der Waals surface area contributed by atoms with Gasteiger partial charge in [0.1, 0.15) is 11.4 Å². The van der Waals surface area contributed by atoms with E-state index in [1.165, 1.54) is 0 Å². The molecule has 16 heavy (non-hydrogen) atoms. The van der Waals surface area contributed by atoms with Crippen LogP contribution in [0.3, 0.4) is 0 Å². The molecule has 88 valence electrons. The van der Waals surface area contributed by atoms with Crippen LogP contribution in [-0.4, -0.2) is 21.2 Å². The Morgan fingerprint density at radius 3 is 2.62 bits per heavy atom. The lowest BCUT2D eigenvalue weighted by molar-refractivity contribution is -0.136. The third kappa shape index (κ3) is 2.88. The number of alkyl halides is 3. The number of carboxylic acid groups (broad SMARTS) is 1. The summed E-state index contributed by atoms with van der Waals surface area (Å²) in [7, 11) is 0. The number of aliphatic carboxylic acids is 1. The van der Waals surface area contributed by atoms with E-state index in [0.29, 0.717) is 0 Å². The van der Waals surface area contributed by atoms with Gasteiger partial charge in [-0.15, -0.1) is 0 Å². The van der Waals surface area contributed by atoms with Gasteiger partial charge >= 0.3 is 5.97 Å². The van der Waals surface area contributed by atoms with Crippen molar-refractivity contribution in [3.05, 3.63) is 23.0 Å². The average Bonchev–Trinajstić information content (AvgIpc) is 2.16. The van der Waals surface area contributed by atoms with Gasteiger partial charge in [0.2, 0.25) is 0 Å². The summed E-state index contributed by atoms with van der Waals surface area (Å²) >= 11 is 2.98. The number of carbonyl (C=O) groups is 1. The zero-order chi connectivity index (χ0) is 12.3. The highest BCUT2D eigenvalue weighted by atomic mass is 79.9. The molecule has 1 aromatic rings. The first-order valence-electron chi connectivity index (χ1n) is 4.23. The minimum atomic E-state index is -2.87. The van der Waals surface area contributed by atoms with E-state index >= 15 is 0 Å². The second-order valence-corrected chi connectivity index (χ2v) is 3.56. The lowest BCUT2D eigenvalue weighted by atomic mass is 10.1. The summed E-state index contributed by atoms with van der Waals surface area (Å²) < 4.78 is 25.1. The molecule has 0 radical (unpaired) electrons. The fraction of sp³-hybridized carbons (Fsp3) is 0.333. The maximum atomic E-state index is 12.6. The van der Waals surface area contributed by atoms with Gasteiger partial charge in [0.05, 0.1) is 12.1 Å². The van der Waals surface area contributed by atoms with Crippen molar-refractivity contribution >= 4 is 21.9 Å². The maximum absolute atomic E-state index is 12.6. The van der Waals surface area contributed by atoms with Gasteiger partial charge in [0.15, 0.2) is 0 Å². The summed E-state index contributed by atoms with van der Waals surface area (Å²) in [6.45, 7) is 0. The Balaban J connectivity index is 3.24. The predicted molar refractivity (Wildman–Crippen MR) is 54.8 cm³/mol. The van der Waals surface area contributed by atoms with Crippen molar-refractivity contribution in [3.8, 4) is 5.75 Å². The average molecular weight is 296 g/mol. The highest BCUT2D eigenvalue weighted by Gasteiger charge is 2.19. The minimum Gasteiger partial charge on any atom is -0.506 e. The molecule has 0 aromatic carbocycles. The Morgan fingerprint density at radius 1 is 1.56 bits per heavy atom. The van der Waals surface area contributed by atoms with Gasteiger partial charge < -0.3 is 10.2 Å². The molecule has 0 atom stereocenters. The van der Waals surface area contributed by atoms with E-state index < -0.39 is 24.5 Å². The smallest absolute Gasteiger partial charge is 0.307 e. The van der Waals surface area contributed by atoms with Gasteiger partial charge in [-0.05, 0) is 11.6 Å². The van der Waals surface area contributed by atoms with Crippen LogP contribution in [0.15, 0.2) is 6.07 Å². The first kappa shape index (κ1) is 12.8. The number of pyridine rings is 1. The number of aromatic hydroxyl groups is 1. The van der Waals surface area contributed by atoms with Gasteiger partial charge in [-0.25, -0.2) is 13.8 Å². The third-order valence-electron chi connectivity index (χ3n) is 1.87. The maximum Gasteiger partial charge on any atom is 0.307 e. The van der Waals surface area contributed by atoms with E-state index in [1.807, 2.05) is 0 Å². The highest BCUT2D eigenvalue weighted by molar-refractivity contribution is 9.08. The van der Waals surface area contributed by atoms with Crippen LogP contribution in [-0.2, 0) is 16.5 Å². The Bertz CT molecular complexity index is 412. The molecule has 0 saturated carbocycles. The molecular formula is C9H8BrF2NO3. The molecule has 0 aliphatic heterocycles. The van der Waals surface area contributed by atoms with E-state index in [0.717, 1.165) is 6.07 Å². The van der Waals surface area contributed by atoms with Crippen molar-refractivity contribution in [3.63, 3.8) is 0 Å². The van der Waals surface area contributed by atoms with Gasteiger partial charge in [-0.1, -0.05) is 15.9 Å². The molecule has 0 bridgehead atoms. The fourth-order valence-electron chi connectivity index (χ4n) is 1.19. The fourth-order valence-corrected chi connectivity index (χ4v) is 1.60. The Labute approximate surface area is 98.1 Å². The second-order valence-electron chi connectivity index (χ2n) is 3.00. The molecule has 0 aliphatic rings. The van der Waals surface area contributed by atoms with Crippen LogP contribution < -0.4 is 0 Å². The summed E-state index contributed by atoms with van der Waals surface area (Å²) in [4.78, 5) is 14.0. The van der Waals surface area contributed by atoms with Gasteiger partial charge in [0, 0.05) is 5.33 Å². The van der Waals surface area contributed by atoms with Crippen LogP contribution >= 0.6 is 15.9 Å². The van der Waals surface area contributed by atoms with Crippen molar-refractivity contribution in [2.45, 2.75) is 18.2 Å². The molecule has 0 saturated heterocycles. The van der Waals surface area contributed by atoms with Gasteiger partial charge in [-0.2, -0.15) is 0 Å². The topological polar surface area (TPSA) is 70.4 Å². The molecular weight excluding hydrogens is 288 g/mol. The SMILES string of the molecule is O=C(O)Cc1cc(O)c(CBr)nc1C(F)F. The lowest BCUT2D eigenvalue weighted by Gasteiger charge is -2.09. The van der Waals surface area contributed by atoms with Crippen LogP contribution in [0.1, 0.15) is 23.4 Å². The Hall–Kier alpha value is -1.24. The summed E-state index contributed by atoms with van der Waals surface area (Å²) in [5.74, 6) is -1.55. The van der Waals surface area contributed by atoms with E-state index in [2.05, 4.69) is 20.9 Å². The number of halogens is 3. The van der Waals surface area contributed by atoms with E-state index in [4.69, 9.17) is 5.11 Å². The Morgan fingerprint density at radius 2 is 2.19 bits per heavy atom. The molecule has 1 heterocycles. The number of rotatable bonds is 4. The van der Waals surface area contributed by atoms with E-state index in [-0.39, 0.29) is 22.3 Å². The molecule has 1 aromatic heterocycles. The third-order valence-corrected chi connectivity index (χ3v) is 2.40. The standard InChI is InChI=1S/C9H8BrF2NO3/c10-3-5-6(14)1-4(2-7(15)16)8(13-5)9(11)12/h1,9,14H,2-3H2,(H,15,16). The highest BCUT2D eigenvalue weighted by Crippen LogP contribution is 2.27. The van der Waals surface area contributed by atoms with E-state index in [1.54, 1.807) is 0 Å². The van der Waals surface area contributed by atoms with Crippen molar-refractivity contribution in [1.29, 1.82) is 0 Å².